The van der Waals surface area contributed by atoms with Crippen molar-refractivity contribution in [3.63, 3.8) is 0 Å². The van der Waals surface area contributed by atoms with Crippen LogP contribution in [0.3, 0.4) is 0 Å². The third kappa shape index (κ3) is 2.01. The van der Waals surface area contributed by atoms with Crippen LogP contribution in [-0.2, 0) is 24.3 Å². The molecule has 0 atom stereocenters. The van der Waals surface area contributed by atoms with Gasteiger partial charge in [0.2, 0.25) is 0 Å². The monoisotopic (exact) mass is 207 g/mol. The molecule has 2 heterocycles. The van der Waals surface area contributed by atoms with Crippen LogP contribution >= 0.6 is 0 Å². The van der Waals surface area contributed by atoms with E-state index in [9.17, 15) is 0 Å². The molecule has 4 nitrogen and oxygen atoms in total. The topological polar surface area (TPSA) is 61.0 Å². The van der Waals surface area contributed by atoms with E-state index >= 15 is 0 Å². The Bertz CT molecular complexity index is 346. The molecule has 0 spiro atoms. The van der Waals surface area contributed by atoms with Crippen LogP contribution in [0, 0.1) is 0 Å². The first-order chi connectivity index (χ1) is 7.22. The van der Waals surface area contributed by atoms with Crippen molar-refractivity contribution >= 4 is 0 Å². The second-order valence-corrected chi connectivity index (χ2v) is 4.12. The Hall–Kier alpha value is -1.00. The number of nitrogens with two attached hydrogens (primary N) is 1. The van der Waals surface area contributed by atoms with Crippen molar-refractivity contribution in [3.8, 4) is 0 Å². The van der Waals surface area contributed by atoms with E-state index in [1.807, 2.05) is 0 Å². The third-order valence-electron chi connectivity index (χ3n) is 2.64. The number of hydrogen-bond donors (Lipinski definition) is 1. The van der Waals surface area contributed by atoms with Gasteiger partial charge in [-0.05, 0) is 0 Å². The summed E-state index contributed by atoms with van der Waals surface area (Å²) >= 11 is 0. The zero-order valence-electron chi connectivity index (χ0n) is 9.29. The van der Waals surface area contributed by atoms with Gasteiger partial charge in [-0.2, -0.15) is 0 Å². The van der Waals surface area contributed by atoms with Crippen molar-refractivity contribution in [1.82, 2.24) is 9.97 Å². The van der Waals surface area contributed by atoms with Gasteiger partial charge in [-0.15, -0.1) is 0 Å². The average Bonchev–Trinajstić information content (AvgIpc) is 2.27. The molecule has 0 radical (unpaired) electrons. The summed E-state index contributed by atoms with van der Waals surface area (Å²) in [5, 5.41) is 0. The maximum Gasteiger partial charge on any atom is 0.131 e. The van der Waals surface area contributed by atoms with Gasteiger partial charge in [-0.1, -0.05) is 13.8 Å². The zero-order valence-corrected chi connectivity index (χ0v) is 9.29. The van der Waals surface area contributed by atoms with Gasteiger partial charge in [-0.25, -0.2) is 9.97 Å². The molecule has 0 aliphatic carbocycles. The van der Waals surface area contributed by atoms with E-state index in [0.717, 1.165) is 35.8 Å². The Labute approximate surface area is 89.9 Å². The lowest BCUT2D eigenvalue weighted by molar-refractivity contribution is 0.108. The second kappa shape index (κ2) is 4.24. The Morgan fingerprint density at radius 1 is 1.40 bits per heavy atom. The summed E-state index contributed by atoms with van der Waals surface area (Å²) in [7, 11) is 0. The van der Waals surface area contributed by atoms with E-state index in [1.165, 1.54) is 0 Å². The van der Waals surface area contributed by atoms with Crippen molar-refractivity contribution in [1.29, 1.82) is 0 Å². The van der Waals surface area contributed by atoms with Gasteiger partial charge in [-0.3, -0.25) is 0 Å². The van der Waals surface area contributed by atoms with Crippen LogP contribution in [0.25, 0.3) is 0 Å². The maximum atomic E-state index is 5.70. The minimum atomic E-state index is 0.350. The van der Waals surface area contributed by atoms with Gasteiger partial charge in [0.25, 0.3) is 0 Å². The lowest BCUT2D eigenvalue weighted by Crippen LogP contribution is -2.19. The number of hydrogen-bond acceptors (Lipinski definition) is 4. The summed E-state index contributed by atoms with van der Waals surface area (Å²) in [6.45, 7) is 6.03. The van der Waals surface area contributed by atoms with Crippen LogP contribution in [0.2, 0.25) is 0 Å². The van der Waals surface area contributed by atoms with Crippen molar-refractivity contribution < 1.29 is 4.74 Å². The summed E-state index contributed by atoms with van der Waals surface area (Å²) in [4.78, 5) is 9.06. The number of ether oxygens (including phenoxy) is 1. The quantitative estimate of drug-likeness (QED) is 0.789. The molecule has 2 rings (SSSR count). The van der Waals surface area contributed by atoms with Crippen molar-refractivity contribution in [2.24, 2.45) is 5.73 Å². The van der Waals surface area contributed by atoms with E-state index in [2.05, 4.69) is 23.8 Å². The Morgan fingerprint density at radius 2 is 2.20 bits per heavy atom. The molecule has 0 aromatic carbocycles. The largest absolute Gasteiger partial charge is 0.376 e. The van der Waals surface area contributed by atoms with Crippen molar-refractivity contribution in [2.75, 3.05) is 6.61 Å². The standard InChI is InChI=1S/C11H17N3O/c1-7(2)11-13-9-3-4-15-6-8(9)10(5-12)14-11/h7H,3-6,12H2,1-2H3. The van der Waals surface area contributed by atoms with Crippen LogP contribution < -0.4 is 5.73 Å². The molecule has 15 heavy (non-hydrogen) atoms. The fourth-order valence-corrected chi connectivity index (χ4v) is 1.75. The molecule has 4 heteroatoms. The minimum Gasteiger partial charge on any atom is -0.376 e. The molecular weight excluding hydrogens is 190 g/mol. The zero-order chi connectivity index (χ0) is 10.8. The van der Waals surface area contributed by atoms with Gasteiger partial charge in [0, 0.05) is 24.4 Å². The lowest BCUT2D eigenvalue weighted by atomic mass is 10.1. The van der Waals surface area contributed by atoms with E-state index < -0.39 is 0 Å². The highest BCUT2D eigenvalue weighted by Crippen LogP contribution is 2.20. The number of aromatic nitrogens is 2. The highest BCUT2D eigenvalue weighted by Gasteiger charge is 2.18. The van der Waals surface area contributed by atoms with Gasteiger partial charge >= 0.3 is 0 Å². The molecule has 2 N–H and O–H groups in total. The van der Waals surface area contributed by atoms with Crippen LogP contribution in [-0.4, -0.2) is 16.6 Å². The van der Waals surface area contributed by atoms with Crippen LogP contribution in [0.4, 0.5) is 0 Å². The summed E-state index contributed by atoms with van der Waals surface area (Å²) < 4.78 is 5.40. The number of fused-ring (bicyclic) bond motifs is 1. The number of rotatable bonds is 2. The smallest absolute Gasteiger partial charge is 0.131 e. The van der Waals surface area contributed by atoms with Crippen molar-refractivity contribution in [3.05, 3.63) is 22.8 Å². The Morgan fingerprint density at radius 3 is 2.87 bits per heavy atom. The molecule has 0 unspecified atom stereocenters. The first kappa shape index (κ1) is 10.5. The molecule has 1 aliphatic heterocycles. The molecule has 1 aromatic heterocycles. The predicted octanol–water partition coefficient (Wildman–Crippen LogP) is 1.13. The second-order valence-electron chi connectivity index (χ2n) is 4.12. The van der Waals surface area contributed by atoms with Gasteiger partial charge in [0.15, 0.2) is 0 Å². The summed E-state index contributed by atoms with van der Waals surface area (Å²) in [5.74, 6) is 1.25. The van der Waals surface area contributed by atoms with Crippen LogP contribution in [0.1, 0.15) is 42.5 Å². The molecule has 0 amide bonds. The SMILES string of the molecule is CC(C)c1nc(CN)c2c(n1)CCOC2. The summed E-state index contributed by atoms with van der Waals surface area (Å²) in [5.41, 5.74) is 8.87. The molecule has 0 saturated heterocycles. The fraction of sp³-hybridized carbons (Fsp3) is 0.636. The highest BCUT2D eigenvalue weighted by atomic mass is 16.5. The molecule has 0 fully saturated rings. The molecule has 82 valence electrons. The van der Waals surface area contributed by atoms with Gasteiger partial charge in [0.05, 0.1) is 24.6 Å². The van der Waals surface area contributed by atoms with Gasteiger partial charge < -0.3 is 10.5 Å². The Balaban J connectivity index is 2.48. The summed E-state index contributed by atoms with van der Waals surface area (Å²) in [6.07, 6.45) is 0.880. The Kier molecular flexibility index (Phi) is 2.98. The molecular formula is C11H17N3O. The normalized spacial score (nSPS) is 15.5. The first-order valence-corrected chi connectivity index (χ1v) is 5.38. The van der Waals surface area contributed by atoms with Crippen molar-refractivity contribution in [2.45, 2.75) is 39.3 Å². The van der Waals surface area contributed by atoms with E-state index in [0.29, 0.717) is 19.1 Å². The van der Waals surface area contributed by atoms with E-state index in [-0.39, 0.29) is 0 Å². The molecule has 0 saturated carbocycles. The van der Waals surface area contributed by atoms with E-state index in [1.54, 1.807) is 0 Å². The average molecular weight is 207 g/mol. The van der Waals surface area contributed by atoms with Crippen LogP contribution in [0.5, 0.6) is 0 Å². The molecule has 0 bridgehead atoms. The van der Waals surface area contributed by atoms with E-state index in [4.69, 9.17) is 10.5 Å². The third-order valence-corrected chi connectivity index (χ3v) is 2.64. The van der Waals surface area contributed by atoms with Crippen LogP contribution in [0.15, 0.2) is 0 Å². The molecule has 1 aromatic rings. The predicted molar refractivity (Wildman–Crippen MR) is 57.4 cm³/mol. The van der Waals surface area contributed by atoms with Gasteiger partial charge in [0.1, 0.15) is 5.82 Å². The summed E-state index contributed by atoms with van der Waals surface area (Å²) in [6, 6.07) is 0. The lowest BCUT2D eigenvalue weighted by Gasteiger charge is -2.19. The number of nitrogens with zero attached hydrogens (tertiary/aromatic N) is 2. The minimum absolute atomic E-state index is 0.350. The molecule has 1 aliphatic rings. The first-order valence-electron chi connectivity index (χ1n) is 5.38. The fourth-order valence-electron chi connectivity index (χ4n) is 1.75. The maximum absolute atomic E-state index is 5.70. The highest BCUT2D eigenvalue weighted by molar-refractivity contribution is 5.27.